The first-order valence-electron chi connectivity index (χ1n) is 27.8. The molecule has 21 nitrogen and oxygen atoms in total. The van der Waals surface area contributed by atoms with Crippen molar-refractivity contribution in [2.45, 2.75) is 163 Å². The van der Waals surface area contributed by atoms with Crippen LogP contribution in [0.3, 0.4) is 0 Å². The molecule has 0 amide bonds. The van der Waals surface area contributed by atoms with Crippen molar-refractivity contribution < 1.29 is 87.5 Å². The van der Waals surface area contributed by atoms with Gasteiger partial charge < -0.3 is 68.5 Å². The average molecular weight is 1120 g/mol. The number of nitrogens with zero attached hydrogens (tertiary/aromatic N) is 2. The number of unbranched alkanes of at least 4 members (excludes halogenated alkanes) is 12. The molecule has 1 aliphatic heterocycles. The van der Waals surface area contributed by atoms with Crippen LogP contribution in [0, 0.1) is 0 Å². The van der Waals surface area contributed by atoms with Gasteiger partial charge in [-0.2, -0.15) is 0 Å². The van der Waals surface area contributed by atoms with Crippen LogP contribution < -0.4 is 15.4 Å². The van der Waals surface area contributed by atoms with E-state index in [0.717, 1.165) is 134 Å². The summed E-state index contributed by atoms with van der Waals surface area (Å²) in [6.45, 7) is 16.7. The Hall–Kier alpha value is -6.13. The first-order valence-corrected chi connectivity index (χ1v) is 27.8. The van der Waals surface area contributed by atoms with Crippen molar-refractivity contribution in [3.63, 3.8) is 0 Å². The van der Waals surface area contributed by atoms with E-state index in [4.69, 9.17) is 44.2 Å². The van der Waals surface area contributed by atoms with Crippen LogP contribution in [0.5, 0.6) is 5.75 Å². The highest BCUT2D eigenvalue weighted by Crippen LogP contribution is 2.24. The fourth-order valence-electron chi connectivity index (χ4n) is 7.32. The molecule has 1 fully saturated rings. The summed E-state index contributed by atoms with van der Waals surface area (Å²) in [5.41, 5.74) is 1.95. The zero-order valence-electron chi connectivity index (χ0n) is 47.7. The maximum atomic E-state index is 12.2. The number of phenolic OH excluding ortho intramolecular Hbond substituents is 1. The molecule has 0 spiro atoms. The van der Waals surface area contributed by atoms with E-state index in [0.29, 0.717) is 42.5 Å². The number of fused-ring (bicyclic) bond motifs is 1. The smallest absolute Gasteiger partial charge is 0.351 e. The van der Waals surface area contributed by atoms with Gasteiger partial charge in [0, 0.05) is 102 Å². The van der Waals surface area contributed by atoms with Gasteiger partial charge in [-0.1, -0.05) is 32.1 Å². The van der Waals surface area contributed by atoms with Crippen molar-refractivity contribution in [1.29, 1.82) is 0 Å². The summed E-state index contributed by atoms with van der Waals surface area (Å²) in [5.74, 6) is -3.85. The second-order valence-corrected chi connectivity index (χ2v) is 18.4. The van der Waals surface area contributed by atoms with Crippen molar-refractivity contribution in [3.05, 3.63) is 64.0 Å². The zero-order valence-corrected chi connectivity index (χ0v) is 47.7. The summed E-state index contributed by atoms with van der Waals surface area (Å²) in [7, 11) is 0. The number of cyclic esters (lactones) is 2. The van der Waals surface area contributed by atoms with E-state index in [1.54, 1.807) is 12.1 Å². The number of rotatable bonds is 33. The van der Waals surface area contributed by atoms with Gasteiger partial charge in [0.1, 0.15) is 29.7 Å². The van der Waals surface area contributed by atoms with E-state index in [9.17, 15) is 38.7 Å². The summed E-state index contributed by atoms with van der Waals surface area (Å²) >= 11 is 0. The van der Waals surface area contributed by atoms with Crippen LogP contribution >= 0.6 is 0 Å². The molecule has 0 aliphatic carbocycles. The molecule has 448 valence electrons. The molecule has 0 saturated carbocycles. The Morgan fingerprint density at radius 2 is 0.949 bits per heavy atom. The summed E-state index contributed by atoms with van der Waals surface area (Å²) < 4.78 is 29.7. The van der Waals surface area contributed by atoms with Crippen LogP contribution in [0.4, 0.5) is 11.4 Å². The minimum absolute atomic E-state index is 0.0457. The summed E-state index contributed by atoms with van der Waals surface area (Å²) in [6, 6.07) is 12.2. The number of aromatic hydroxyl groups is 1. The Kier molecular flexibility index (Phi) is 42.2. The lowest BCUT2D eigenvalue weighted by Crippen LogP contribution is -2.39. The van der Waals surface area contributed by atoms with Gasteiger partial charge in [0.25, 0.3) is 5.79 Å². The molecule has 0 atom stereocenters. The van der Waals surface area contributed by atoms with Crippen LogP contribution in [-0.2, 0) is 42.9 Å². The highest BCUT2D eigenvalue weighted by atomic mass is 16.7. The highest BCUT2D eigenvalue weighted by Gasteiger charge is 2.34. The molecule has 4 rings (SSSR count). The quantitative estimate of drug-likeness (QED) is 0.00849. The first kappa shape index (κ1) is 72.9. The van der Waals surface area contributed by atoms with Crippen LogP contribution in [0.25, 0.3) is 11.0 Å². The maximum absolute atomic E-state index is 12.2. The largest absolute Gasteiger partial charge is 0.507 e. The second kappa shape index (κ2) is 45.7. The van der Waals surface area contributed by atoms with Crippen LogP contribution in [-0.4, -0.2) is 152 Å². The van der Waals surface area contributed by atoms with E-state index < -0.39 is 41.3 Å². The number of hydrogen-bond acceptors (Lipinski definition) is 21. The van der Waals surface area contributed by atoms with Gasteiger partial charge in [0.05, 0.1) is 25.4 Å². The Morgan fingerprint density at radius 3 is 1.33 bits per heavy atom. The van der Waals surface area contributed by atoms with E-state index in [2.05, 4.69) is 33.1 Å². The number of benzene rings is 2. The SMILES string of the molecule is CC1(C)OC(=O)CC(=O)O1.CCN(CC)c1ccc(C=O)c(O)c1.CCN(CC)c1ccc2cc(C(=O)OCCCCCCO)c(=O)oc2c1.O=C(CC(=O)OCCCCCCO)OCCCCCCO.OCCCCCCO. The Balaban J connectivity index is 0.00000102. The number of aliphatic hydroxyl groups is 5. The van der Waals surface area contributed by atoms with Gasteiger partial charge in [-0.05, 0) is 129 Å². The van der Waals surface area contributed by atoms with Crippen molar-refractivity contribution in [2.24, 2.45) is 0 Å². The third kappa shape index (κ3) is 34.5. The highest BCUT2D eigenvalue weighted by molar-refractivity contribution is 5.94. The van der Waals surface area contributed by atoms with Crippen LogP contribution in [0.15, 0.2) is 51.7 Å². The van der Waals surface area contributed by atoms with E-state index >= 15 is 0 Å². The van der Waals surface area contributed by atoms with Crippen molar-refractivity contribution in [2.75, 3.05) is 88.8 Å². The lowest BCUT2D eigenvalue weighted by molar-refractivity contribution is -0.231. The molecule has 0 unspecified atom stereocenters. The lowest BCUT2D eigenvalue weighted by Gasteiger charge is -2.28. The van der Waals surface area contributed by atoms with Gasteiger partial charge >= 0.3 is 35.5 Å². The van der Waals surface area contributed by atoms with Crippen molar-refractivity contribution in [1.82, 2.24) is 0 Å². The number of ether oxygens (including phenoxy) is 5. The Bertz CT molecular complexity index is 2160. The predicted octanol–water partition coefficient (Wildman–Crippen LogP) is 7.71. The maximum Gasteiger partial charge on any atom is 0.351 e. The minimum Gasteiger partial charge on any atom is -0.507 e. The topological polar surface area (TPSA) is 307 Å². The molecule has 2 aromatic carbocycles. The molecule has 0 radical (unpaired) electrons. The minimum atomic E-state index is -1.08. The van der Waals surface area contributed by atoms with Crippen LogP contribution in [0.2, 0.25) is 0 Å². The van der Waals surface area contributed by atoms with Gasteiger partial charge in [-0.15, -0.1) is 0 Å². The standard InChI is InChI=1S/C20H27NO5.C15H28O6.C11H15NO2.C6H8O4.C6H14O2/c1-3-21(4-2)16-10-9-15-13-17(20(24)26-18(15)14-16)19(23)25-12-8-6-5-7-11-22;16-9-5-1-3-7-11-20-14(18)13-15(19)21-12-8-4-2-6-10-17;1-3-12(4-2)10-6-5-9(8-13)11(14)7-10;1-6(2)9-4(7)3-5(8)10-6;7-5-3-1-2-4-6-8/h9-10,13-14,22H,3-8,11-12H2,1-2H3;16-17H,1-13H2;5-8,14H,3-4H2,1-2H3;3H2,1-2H3;7-8H,1-6H2. The monoisotopic (exact) mass is 1120 g/mol. The Labute approximate surface area is 466 Å². The molecule has 2 heterocycles. The van der Waals surface area contributed by atoms with Crippen molar-refractivity contribution in [3.8, 4) is 5.75 Å². The molecule has 6 N–H and O–H groups in total. The zero-order chi connectivity index (χ0) is 59.3. The number of carbonyl (C=O) groups is 6. The fraction of sp³-hybridized carbons (Fsp3) is 0.638. The number of aldehydes is 1. The summed E-state index contributed by atoms with van der Waals surface area (Å²) in [5, 5.41) is 52.7. The second-order valence-electron chi connectivity index (χ2n) is 18.4. The number of carbonyl (C=O) groups excluding carboxylic acids is 6. The first-order chi connectivity index (χ1) is 37.9. The molecule has 0 bridgehead atoms. The fourth-order valence-corrected chi connectivity index (χ4v) is 7.32. The number of aliphatic hydroxyl groups excluding tert-OH is 5. The van der Waals surface area contributed by atoms with E-state index in [-0.39, 0.29) is 63.8 Å². The third-order valence-electron chi connectivity index (χ3n) is 11.6. The number of hydrogen-bond donors (Lipinski definition) is 6. The third-order valence-corrected chi connectivity index (χ3v) is 11.6. The normalized spacial score (nSPS) is 12.0. The molecule has 3 aromatic rings. The molecule has 79 heavy (non-hydrogen) atoms. The number of anilines is 2. The molecule has 1 aliphatic rings. The van der Waals surface area contributed by atoms with E-state index in [1.807, 2.05) is 38.1 Å². The molecule has 1 aromatic heterocycles. The molecular formula is C58H92N2O19. The van der Waals surface area contributed by atoms with Gasteiger partial charge in [0.15, 0.2) is 6.29 Å². The number of phenols is 1. The molecular weight excluding hydrogens is 1030 g/mol. The lowest BCUT2D eigenvalue weighted by atomic mass is 10.1. The van der Waals surface area contributed by atoms with Crippen LogP contribution in [0.1, 0.15) is 178 Å². The molecule has 1 saturated heterocycles. The Morgan fingerprint density at radius 1 is 0.557 bits per heavy atom. The predicted molar refractivity (Wildman–Crippen MR) is 300 cm³/mol. The summed E-state index contributed by atoms with van der Waals surface area (Å²) in [4.78, 5) is 82.8. The number of esters is 5. The van der Waals surface area contributed by atoms with E-state index in [1.165, 1.54) is 19.9 Å². The average Bonchev–Trinajstić information content (AvgIpc) is 3.43. The summed E-state index contributed by atoms with van der Waals surface area (Å²) in [6.07, 6.45) is 13.7. The van der Waals surface area contributed by atoms with Gasteiger partial charge in [-0.3, -0.25) is 24.0 Å². The van der Waals surface area contributed by atoms with Gasteiger partial charge in [0.2, 0.25) is 0 Å². The molecule has 21 heteroatoms. The van der Waals surface area contributed by atoms with Gasteiger partial charge in [-0.25, -0.2) is 9.59 Å². The van der Waals surface area contributed by atoms with Crippen molar-refractivity contribution >= 4 is 58.5 Å².